The van der Waals surface area contributed by atoms with E-state index < -0.39 is 6.10 Å². The number of aliphatic hydroxyl groups excluding tert-OH is 1. The molecule has 2 nitrogen and oxygen atoms in total. The standard InChI is InChI=1S/C19H32O2/c1-4-7-9-16(6-3)14-21-15-19(20)18-12-10-17(8-5-2)11-13-18/h10-13,16,19-20H,4-9,14-15H2,1-3H3. The zero-order chi connectivity index (χ0) is 15.5. The van der Waals surface area contributed by atoms with Crippen LogP contribution in [-0.2, 0) is 11.2 Å². The van der Waals surface area contributed by atoms with Gasteiger partial charge in [-0.1, -0.05) is 70.7 Å². The first kappa shape index (κ1) is 18.2. The zero-order valence-electron chi connectivity index (χ0n) is 14.0. The fourth-order valence-corrected chi connectivity index (χ4v) is 2.54. The van der Waals surface area contributed by atoms with Crippen molar-refractivity contribution in [3.63, 3.8) is 0 Å². The molecule has 0 fully saturated rings. The van der Waals surface area contributed by atoms with E-state index in [0.29, 0.717) is 12.5 Å². The van der Waals surface area contributed by atoms with Gasteiger partial charge >= 0.3 is 0 Å². The highest BCUT2D eigenvalue weighted by Crippen LogP contribution is 2.17. The van der Waals surface area contributed by atoms with Crippen molar-refractivity contribution < 1.29 is 9.84 Å². The number of unbranched alkanes of at least 4 members (excludes halogenated alkanes) is 1. The van der Waals surface area contributed by atoms with E-state index in [1.807, 2.05) is 12.1 Å². The summed E-state index contributed by atoms with van der Waals surface area (Å²) >= 11 is 0. The maximum Gasteiger partial charge on any atom is 0.102 e. The van der Waals surface area contributed by atoms with Crippen LogP contribution in [0.2, 0.25) is 0 Å². The second-order valence-electron chi connectivity index (χ2n) is 5.96. The summed E-state index contributed by atoms with van der Waals surface area (Å²) in [5, 5.41) is 10.2. The van der Waals surface area contributed by atoms with Gasteiger partial charge in [-0.2, -0.15) is 0 Å². The fraction of sp³-hybridized carbons (Fsp3) is 0.684. The van der Waals surface area contributed by atoms with Gasteiger partial charge in [0.05, 0.1) is 6.61 Å². The zero-order valence-corrected chi connectivity index (χ0v) is 14.0. The SMILES string of the molecule is CCCCC(CC)COCC(O)c1ccc(CCC)cc1. The molecule has 0 radical (unpaired) electrons. The maximum atomic E-state index is 10.2. The van der Waals surface area contributed by atoms with Crippen molar-refractivity contribution in [1.29, 1.82) is 0 Å². The van der Waals surface area contributed by atoms with Gasteiger partial charge in [0.2, 0.25) is 0 Å². The largest absolute Gasteiger partial charge is 0.386 e. The van der Waals surface area contributed by atoms with E-state index in [1.54, 1.807) is 0 Å². The molecule has 0 spiro atoms. The van der Waals surface area contributed by atoms with Gasteiger partial charge in [-0.25, -0.2) is 0 Å². The number of ether oxygens (including phenoxy) is 1. The fourth-order valence-electron chi connectivity index (χ4n) is 2.54. The third-order valence-corrected chi connectivity index (χ3v) is 4.08. The Morgan fingerprint density at radius 3 is 2.29 bits per heavy atom. The Morgan fingerprint density at radius 2 is 1.71 bits per heavy atom. The van der Waals surface area contributed by atoms with Crippen LogP contribution in [-0.4, -0.2) is 18.3 Å². The van der Waals surface area contributed by atoms with E-state index >= 15 is 0 Å². The first-order chi connectivity index (χ1) is 10.2. The van der Waals surface area contributed by atoms with Gasteiger partial charge in [-0.15, -0.1) is 0 Å². The minimum atomic E-state index is -0.510. The van der Waals surface area contributed by atoms with Crippen LogP contribution in [0, 0.1) is 5.92 Å². The van der Waals surface area contributed by atoms with E-state index in [9.17, 15) is 5.11 Å². The molecule has 0 aliphatic heterocycles. The third-order valence-electron chi connectivity index (χ3n) is 4.08. The molecule has 1 N–H and O–H groups in total. The molecular formula is C19H32O2. The molecule has 0 saturated heterocycles. The summed E-state index contributed by atoms with van der Waals surface area (Å²) in [6.45, 7) is 7.78. The molecule has 2 atom stereocenters. The van der Waals surface area contributed by atoms with Gasteiger partial charge in [0.25, 0.3) is 0 Å². The Balaban J connectivity index is 2.33. The Kier molecular flexibility index (Phi) is 9.36. The summed E-state index contributed by atoms with van der Waals surface area (Å²) < 4.78 is 5.73. The molecule has 0 aromatic heterocycles. The molecular weight excluding hydrogens is 260 g/mol. The van der Waals surface area contributed by atoms with E-state index in [4.69, 9.17) is 4.74 Å². The van der Waals surface area contributed by atoms with E-state index in [0.717, 1.165) is 31.4 Å². The van der Waals surface area contributed by atoms with Crippen molar-refractivity contribution in [2.24, 2.45) is 5.92 Å². The summed E-state index contributed by atoms with van der Waals surface area (Å²) in [5.74, 6) is 0.629. The topological polar surface area (TPSA) is 29.5 Å². The monoisotopic (exact) mass is 292 g/mol. The smallest absolute Gasteiger partial charge is 0.102 e. The summed E-state index contributed by atoms with van der Waals surface area (Å²) in [6, 6.07) is 8.26. The Hall–Kier alpha value is -0.860. The molecule has 0 amide bonds. The van der Waals surface area contributed by atoms with Crippen LogP contribution < -0.4 is 0 Å². The quantitative estimate of drug-likeness (QED) is 0.628. The summed E-state index contributed by atoms with van der Waals surface area (Å²) in [5.41, 5.74) is 2.29. The van der Waals surface area contributed by atoms with Gasteiger partial charge in [0, 0.05) is 6.61 Å². The van der Waals surface area contributed by atoms with E-state index in [2.05, 4.69) is 32.9 Å². The lowest BCUT2D eigenvalue weighted by molar-refractivity contribution is 0.0181. The van der Waals surface area contributed by atoms with Crippen molar-refractivity contribution in [2.75, 3.05) is 13.2 Å². The molecule has 1 aromatic rings. The normalized spacial score (nSPS) is 14.1. The Morgan fingerprint density at radius 1 is 1.00 bits per heavy atom. The average Bonchev–Trinajstić information content (AvgIpc) is 2.51. The minimum absolute atomic E-state index is 0.399. The second kappa shape index (κ2) is 10.8. The average molecular weight is 292 g/mol. The highest BCUT2D eigenvalue weighted by atomic mass is 16.5. The van der Waals surface area contributed by atoms with Crippen LogP contribution in [0.3, 0.4) is 0 Å². The summed E-state index contributed by atoms with van der Waals surface area (Å²) in [4.78, 5) is 0. The molecule has 120 valence electrons. The van der Waals surface area contributed by atoms with E-state index in [-0.39, 0.29) is 0 Å². The number of aliphatic hydroxyl groups is 1. The van der Waals surface area contributed by atoms with Crippen molar-refractivity contribution in [3.05, 3.63) is 35.4 Å². The lowest BCUT2D eigenvalue weighted by Crippen LogP contribution is -2.14. The third kappa shape index (κ3) is 7.10. The van der Waals surface area contributed by atoms with Crippen LogP contribution >= 0.6 is 0 Å². The van der Waals surface area contributed by atoms with Crippen LogP contribution in [0.15, 0.2) is 24.3 Å². The number of aryl methyl sites for hydroxylation is 1. The van der Waals surface area contributed by atoms with Crippen LogP contribution in [0.1, 0.15) is 70.1 Å². The van der Waals surface area contributed by atoms with Crippen molar-refractivity contribution in [2.45, 2.75) is 65.4 Å². The number of benzene rings is 1. The van der Waals surface area contributed by atoms with Crippen molar-refractivity contribution in [3.8, 4) is 0 Å². The van der Waals surface area contributed by atoms with Gasteiger partial charge in [0.1, 0.15) is 6.10 Å². The molecule has 21 heavy (non-hydrogen) atoms. The molecule has 0 bridgehead atoms. The van der Waals surface area contributed by atoms with Crippen molar-refractivity contribution in [1.82, 2.24) is 0 Å². The second-order valence-corrected chi connectivity index (χ2v) is 5.96. The first-order valence-corrected chi connectivity index (χ1v) is 8.55. The van der Waals surface area contributed by atoms with Gasteiger partial charge in [-0.3, -0.25) is 0 Å². The summed E-state index contributed by atoms with van der Waals surface area (Å²) in [6.07, 6.45) is 6.64. The van der Waals surface area contributed by atoms with Gasteiger partial charge < -0.3 is 9.84 Å². The van der Waals surface area contributed by atoms with Gasteiger partial charge in [0.15, 0.2) is 0 Å². The predicted molar refractivity (Wildman–Crippen MR) is 89.5 cm³/mol. The molecule has 1 aromatic carbocycles. The number of hydrogen-bond donors (Lipinski definition) is 1. The van der Waals surface area contributed by atoms with Gasteiger partial charge in [-0.05, 0) is 29.9 Å². The predicted octanol–water partition coefficient (Wildman–Crippen LogP) is 4.91. The molecule has 0 saturated carbocycles. The lowest BCUT2D eigenvalue weighted by Gasteiger charge is -2.17. The lowest BCUT2D eigenvalue weighted by atomic mass is 10.0. The van der Waals surface area contributed by atoms with Crippen LogP contribution in [0.5, 0.6) is 0 Å². The Labute approximate surface area is 130 Å². The molecule has 0 aliphatic carbocycles. The minimum Gasteiger partial charge on any atom is -0.386 e. The molecule has 0 aliphatic rings. The summed E-state index contributed by atoms with van der Waals surface area (Å²) in [7, 11) is 0. The molecule has 2 heteroatoms. The first-order valence-electron chi connectivity index (χ1n) is 8.55. The Bertz CT molecular complexity index is 358. The van der Waals surface area contributed by atoms with Crippen LogP contribution in [0.4, 0.5) is 0 Å². The molecule has 0 heterocycles. The molecule has 2 unspecified atom stereocenters. The highest BCUT2D eigenvalue weighted by molar-refractivity contribution is 5.24. The number of rotatable bonds is 11. The highest BCUT2D eigenvalue weighted by Gasteiger charge is 2.10. The molecule has 1 rings (SSSR count). The maximum absolute atomic E-state index is 10.2. The van der Waals surface area contributed by atoms with E-state index in [1.165, 1.54) is 24.8 Å². The van der Waals surface area contributed by atoms with Crippen LogP contribution in [0.25, 0.3) is 0 Å². The number of hydrogen-bond acceptors (Lipinski definition) is 2. The van der Waals surface area contributed by atoms with Crippen molar-refractivity contribution >= 4 is 0 Å².